The largest absolute Gasteiger partial charge is 0.395 e. The number of Topliss-reactive ketones (excluding diaryl/α,β-unsaturated/α-hetero) is 1. The van der Waals surface area contributed by atoms with Gasteiger partial charge in [-0.2, -0.15) is 0 Å². The molecule has 0 bridgehead atoms. The molecule has 0 radical (unpaired) electrons. The van der Waals surface area contributed by atoms with Crippen molar-refractivity contribution in [1.29, 1.82) is 0 Å². The molecule has 19 heavy (non-hydrogen) atoms. The number of rotatable bonds is 8. The van der Waals surface area contributed by atoms with Crippen LogP contribution in [-0.2, 0) is 0 Å². The van der Waals surface area contributed by atoms with Crippen molar-refractivity contribution >= 4 is 29.0 Å². The van der Waals surface area contributed by atoms with E-state index in [-0.39, 0.29) is 18.9 Å². The van der Waals surface area contributed by atoms with Gasteiger partial charge in [0.2, 0.25) is 0 Å². The number of benzene rings is 1. The van der Waals surface area contributed by atoms with Gasteiger partial charge in [-0.15, -0.1) is 0 Å². The van der Waals surface area contributed by atoms with Crippen LogP contribution < -0.4 is 0 Å². The van der Waals surface area contributed by atoms with Gasteiger partial charge in [0.1, 0.15) is 0 Å². The minimum atomic E-state index is -0.0722. The van der Waals surface area contributed by atoms with Crippen LogP contribution in [0, 0.1) is 0 Å². The number of carbonyl (C=O) groups is 1. The van der Waals surface area contributed by atoms with Crippen LogP contribution in [0.25, 0.3) is 0 Å². The van der Waals surface area contributed by atoms with Crippen molar-refractivity contribution in [2.75, 3.05) is 26.2 Å². The Morgan fingerprint density at radius 2 is 2.05 bits per heavy atom. The highest BCUT2D eigenvalue weighted by molar-refractivity contribution is 6.36. The van der Waals surface area contributed by atoms with Crippen molar-refractivity contribution in [3.63, 3.8) is 0 Å². The Hall–Kier alpha value is -0.610. The summed E-state index contributed by atoms with van der Waals surface area (Å²) < 4.78 is 0. The maximum Gasteiger partial charge on any atom is 0.178 e. The molecular formula is C14H19Cl2NO2. The van der Waals surface area contributed by atoms with Crippen molar-refractivity contribution in [1.82, 2.24) is 4.90 Å². The maximum absolute atomic E-state index is 12.2. The van der Waals surface area contributed by atoms with Crippen LogP contribution in [0.5, 0.6) is 0 Å². The van der Waals surface area contributed by atoms with Crippen LogP contribution in [0.4, 0.5) is 0 Å². The highest BCUT2D eigenvalue weighted by Crippen LogP contribution is 2.21. The van der Waals surface area contributed by atoms with Crippen molar-refractivity contribution < 1.29 is 9.90 Å². The third-order valence-electron chi connectivity index (χ3n) is 2.84. The highest BCUT2D eigenvalue weighted by atomic mass is 35.5. The van der Waals surface area contributed by atoms with Crippen molar-refractivity contribution in [2.24, 2.45) is 0 Å². The smallest absolute Gasteiger partial charge is 0.178 e. The summed E-state index contributed by atoms with van der Waals surface area (Å²) in [5.74, 6) is -0.0722. The molecule has 0 fully saturated rings. The van der Waals surface area contributed by atoms with E-state index in [0.717, 1.165) is 19.4 Å². The Balaban J connectivity index is 2.72. The highest BCUT2D eigenvalue weighted by Gasteiger charge is 2.15. The van der Waals surface area contributed by atoms with Crippen LogP contribution in [0.2, 0.25) is 10.0 Å². The van der Waals surface area contributed by atoms with Gasteiger partial charge in [0.05, 0.1) is 18.2 Å². The molecule has 0 atom stereocenters. The molecule has 0 spiro atoms. The Morgan fingerprint density at radius 1 is 1.32 bits per heavy atom. The summed E-state index contributed by atoms with van der Waals surface area (Å²) in [6, 6.07) is 4.87. The van der Waals surface area contributed by atoms with E-state index in [4.69, 9.17) is 28.3 Å². The number of unbranched alkanes of at least 4 members (excludes halogenated alkanes) is 1. The molecule has 5 heteroatoms. The molecule has 0 saturated heterocycles. The summed E-state index contributed by atoms with van der Waals surface area (Å²) in [7, 11) is 0. The maximum atomic E-state index is 12.2. The van der Waals surface area contributed by atoms with E-state index in [1.807, 2.05) is 4.90 Å². The average Bonchev–Trinajstić information content (AvgIpc) is 2.39. The Kier molecular flexibility index (Phi) is 7.39. The minimum Gasteiger partial charge on any atom is -0.395 e. The molecule has 1 aromatic rings. The van der Waals surface area contributed by atoms with E-state index in [9.17, 15) is 4.79 Å². The minimum absolute atomic E-state index is 0.0419. The second-order valence-electron chi connectivity index (χ2n) is 4.40. The van der Waals surface area contributed by atoms with Crippen molar-refractivity contribution in [2.45, 2.75) is 19.8 Å². The monoisotopic (exact) mass is 303 g/mol. The summed E-state index contributed by atoms with van der Waals surface area (Å²) in [4.78, 5) is 14.1. The molecule has 0 aliphatic rings. The second kappa shape index (κ2) is 8.54. The van der Waals surface area contributed by atoms with Gasteiger partial charge in [0, 0.05) is 17.1 Å². The fourth-order valence-corrected chi connectivity index (χ4v) is 2.19. The zero-order chi connectivity index (χ0) is 14.3. The van der Waals surface area contributed by atoms with Crippen LogP contribution >= 0.6 is 23.2 Å². The zero-order valence-corrected chi connectivity index (χ0v) is 12.5. The topological polar surface area (TPSA) is 40.5 Å². The lowest BCUT2D eigenvalue weighted by Gasteiger charge is -2.20. The number of carbonyl (C=O) groups excluding carboxylic acids is 1. The quantitative estimate of drug-likeness (QED) is 0.749. The molecular weight excluding hydrogens is 285 g/mol. The Morgan fingerprint density at radius 3 is 2.68 bits per heavy atom. The normalized spacial score (nSPS) is 11.0. The molecule has 0 saturated carbocycles. The third-order valence-corrected chi connectivity index (χ3v) is 3.40. The first-order valence-corrected chi connectivity index (χ1v) is 7.15. The van der Waals surface area contributed by atoms with E-state index in [1.54, 1.807) is 18.2 Å². The molecule has 0 aliphatic heterocycles. The van der Waals surface area contributed by atoms with E-state index in [1.165, 1.54) is 0 Å². The van der Waals surface area contributed by atoms with Gasteiger partial charge in [-0.25, -0.2) is 0 Å². The first-order chi connectivity index (χ1) is 9.08. The molecule has 3 nitrogen and oxygen atoms in total. The van der Waals surface area contributed by atoms with Gasteiger partial charge >= 0.3 is 0 Å². The van der Waals surface area contributed by atoms with E-state index >= 15 is 0 Å². The SMILES string of the molecule is CCCCN(CCO)CC(=O)c1cc(Cl)ccc1Cl. The fourth-order valence-electron chi connectivity index (χ4n) is 1.79. The molecule has 0 heterocycles. The van der Waals surface area contributed by atoms with E-state index in [2.05, 4.69) is 6.92 Å². The molecule has 0 unspecified atom stereocenters. The Labute approximate surface area is 124 Å². The molecule has 0 aliphatic carbocycles. The van der Waals surface area contributed by atoms with Gasteiger partial charge in [0.25, 0.3) is 0 Å². The van der Waals surface area contributed by atoms with Crippen LogP contribution in [0.15, 0.2) is 18.2 Å². The number of nitrogens with zero attached hydrogens (tertiary/aromatic N) is 1. The van der Waals surface area contributed by atoms with Crippen molar-refractivity contribution in [3.8, 4) is 0 Å². The van der Waals surface area contributed by atoms with E-state index in [0.29, 0.717) is 22.2 Å². The molecule has 106 valence electrons. The fraction of sp³-hybridized carbons (Fsp3) is 0.500. The van der Waals surface area contributed by atoms with Gasteiger partial charge in [-0.1, -0.05) is 36.5 Å². The number of aliphatic hydroxyl groups is 1. The third kappa shape index (κ3) is 5.49. The van der Waals surface area contributed by atoms with Crippen LogP contribution in [0.1, 0.15) is 30.1 Å². The molecule has 0 amide bonds. The lowest BCUT2D eigenvalue weighted by Crippen LogP contribution is -2.33. The molecule has 1 N–H and O–H groups in total. The summed E-state index contributed by atoms with van der Waals surface area (Å²) >= 11 is 11.9. The lowest BCUT2D eigenvalue weighted by atomic mass is 10.1. The summed E-state index contributed by atoms with van der Waals surface area (Å²) in [5, 5.41) is 9.92. The number of aliphatic hydroxyl groups excluding tert-OH is 1. The predicted octanol–water partition coefficient (Wildman–Crippen LogP) is 3.27. The Bertz CT molecular complexity index is 424. The van der Waals surface area contributed by atoms with Crippen LogP contribution in [-0.4, -0.2) is 42.0 Å². The number of hydrogen-bond donors (Lipinski definition) is 1. The van der Waals surface area contributed by atoms with Gasteiger partial charge in [-0.05, 0) is 31.2 Å². The number of hydrogen-bond acceptors (Lipinski definition) is 3. The average molecular weight is 304 g/mol. The van der Waals surface area contributed by atoms with Crippen LogP contribution in [0.3, 0.4) is 0 Å². The summed E-state index contributed by atoms with van der Waals surface area (Å²) in [6.07, 6.45) is 2.05. The van der Waals surface area contributed by atoms with Crippen molar-refractivity contribution in [3.05, 3.63) is 33.8 Å². The first kappa shape index (κ1) is 16.4. The standard InChI is InChI=1S/C14H19Cl2NO2/c1-2-3-6-17(7-8-18)10-14(19)12-9-11(15)4-5-13(12)16/h4-5,9,18H,2-3,6-8,10H2,1H3. The molecule has 1 rings (SSSR count). The second-order valence-corrected chi connectivity index (χ2v) is 5.24. The van der Waals surface area contributed by atoms with Gasteiger partial charge in [0.15, 0.2) is 5.78 Å². The predicted molar refractivity (Wildman–Crippen MR) is 79.2 cm³/mol. The first-order valence-electron chi connectivity index (χ1n) is 6.40. The lowest BCUT2D eigenvalue weighted by molar-refractivity contribution is 0.0913. The molecule has 0 aromatic heterocycles. The molecule has 1 aromatic carbocycles. The zero-order valence-electron chi connectivity index (χ0n) is 11.0. The summed E-state index contributed by atoms with van der Waals surface area (Å²) in [6.45, 7) is 3.67. The van der Waals surface area contributed by atoms with Gasteiger partial charge < -0.3 is 5.11 Å². The number of ketones is 1. The van der Waals surface area contributed by atoms with Gasteiger partial charge in [-0.3, -0.25) is 9.69 Å². The van der Waals surface area contributed by atoms with E-state index < -0.39 is 0 Å². The summed E-state index contributed by atoms with van der Waals surface area (Å²) in [5.41, 5.74) is 0.439. The number of halogens is 2.